The number of Topliss-reactive ketones (excluding diaryl/α,β-unsaturated/α-hetero) is 1. The molecule has 2 aromatic heterocycles. The van der Waals surface area contributed by atoms with E-state index in [0.29, 0.717) is 13.2 Å². The quantitative estimate of drug-likeness (QED) is 0.783. The first-order chi connectivity index (χ1) is 14.2. The van der Waals surface area contributed by atoms with Gasteiger partial charge in [-0.05, 0) is 24.1 Å². The molecule has 1 atom stereocenters. The number of nitrogens with zero attached hydrogens (tertiary/aromatic N) is 6. The van der Waals surface area contributed by atoms with Crippen molar-refractivity contribution in [2.45, 2.75) is 18.9 Å². The first-order valence-electron chi connectivity index (χ1n) is 9.98. The van der Waals surface area contributed by atoms with Gasteiger partial charge in [-0.3, -0.25) is 9.48 Å². The van der Waals surface area contributed by atoms with Gasteiger partial charge in [-0.15, -0.1) is 0 Å². The predicted octanol–water partition coefficient (Wildman–Crippen LogP) is 1.42. The van der Waals surface area contributed by atoms with E-state index in [1.807, 2.05) is 23.0 Å². The van der Waals surface area contributed by atoms with Crippen LogP contribution >= 0.6 is 0 Å². The van der Waals surface area contributed by atoms with Crippen LogP contribution in [0.5, 0.6) is 0 Å². The second-order valence-corrected chi connectivity index (χ2v) is 7.61. The molecule has 0 unspecified atom stereocenters. The van der Waals surface area contributed by atoms with Gasteiger partial charge in [-0.25, -0.2) is 4.98 Å². The molecule has 2 aliphatic heterocycles. The number of ketones is 1. The third kappa shape index (κ3) is 3.17. The van der Waals surface area contributed by atoms with Crippen molar-refractivity contribution in [1.29, 1.82) is 5.26 Å². The number of rotatable bonds is 3. The van der Waals surface area contributed by atoms with Crippen LogP contribution in [0.25, 0.3) is 5.70 Å². The van der Waals surface area contributed by atoms with Crippen molar-refractivity contribution in [1.82, 2.24) is 19.7 Å². The number of pyridine rings is 1. The largest absolute Gasteiger partial charge is 0.378 e. The molecule has 5 rings (SSSR count). The minimum absolute atomic E-state index is 0.126. The molecule has 2 fully saturated rings. The number of hydrogen-bond acceptors (Lipinski definition) is 7. The summed E-state index contributed by atoms with van der Waals surface area (Å²) < 4.78 is 7.41. The lowest BCUT2D eigenvalue weighted by Crippen LogP contribution is -2.37. The SMILES string of the molecule is N#CC1=C(N2CC[C@@H](n3cccn3)C2)c2cc(N3CCOCC3)ncc2CC1=O. The van der Waals surface area contributed by atoms with Gasteiger partial charge in [0.1, 0.15) is 17.5 Å². The zero-order valence-corrected chi connectivity index (χ0v) is 16.1. The summed E-state index contributed by atoms with van der Waals surface area (Å²) in [7, 11) is 0. The normalized spacial score (nSPS) is 22.0. The summed E-state index contributed by atoms with van der Waals surface area (Å²) in [5, 5.41) is 14.1. The highest BCUT2D eigenvalue weighted by atomic mass is 16.5. The zero-order valence-electron chi connectivity index (χ0n) is 16.1. The van der Waals surface area contributed by atoms with Crippen LogP contribution in [0.3, 0.4) is 0 Å². The van der Waals surface area contributed by atoms with Gasteiger partial charge >= 0.3 is 0 Å². The lowest BCUT2D eigenvalue weighted by Gasteiger charge is -2.31. The van der Waals surface area contributed by atoms with Crippen molar-refractivity contribution in [3.05, 3.63) is 47.4 Å². The number of likely N-dealkylation sites (tertiary alicyclic amines) is 1. The molecule has 0 bridgehead atoms. The Hall–Kier alpha value is -3.18. The number of carbonyl (C=O) groups excluding carboxylic acids is 1. The number of hydrogen-bond donors (Lipinski definition) is 0. The van der Waals surface area contributed by atoms with Gasteiger partial charge in [0.2, 0.25) is 0 Å². The van der Waals surface area contributed by atoms with E-state index >= 15 is 0 Å². The van der Waals surface area contributed by atoms with Gasteiger partial charge in [-0.1, -0.05) is 0 Å². The van der Waals surface area contributed by atoms with Crippen molar-refractivity contribution >= 4 is 17.3 Å². The monoisotopic (exact) mass is 390 g/mol. The average molecular weight is 390 g/mol. The Bertz CT molecular complexity index is 1000. The first kappa shape index (κ1) is 17.9. The number of anilines is 1. The van der Waals surface area contributed by atoms with Crippen LogP contribution in [0.15, 0.2) is 36.3 Å². The third-order valence-electron chi connectivity index (χ3n) is 5.92. The van der Waals surface area contributed by atoms with E-state index in [2.05, 4.69) is 26.0 Å². The summed E-state index contributed by atoms with van der Waals surface area (Å²) in [4.78, 5) is 21.6. The summed E-state index contributed by atoms with van der Waals surface area (Å²) >= 11 is 0. The summed E-state index contributed by atoms with van der Waals surface area (Å²) in [6.45, 7) is 4.46. The molecular weight excluding hydrogens is 368 g/mol. The molecule has 8 heteroatoms. The van der Waals surface area contributed by atoms with E-state index in [9.17, 15) is 10.1 Å². The van der Waals surface area contributed by atoms with E-state index < -0.39 is 0 Å². The van der Waals surface area contributed by atoms with Crippen LogP contribution in [0.2, 0.25) is 0 Å². The Balaban J connectivity index is 1.53. The van der Waals surface area contributed by atoms with Crippen molar-refractivity contribution < 1.29 is 9.53 Å². The number of carbonyl (C=O) groups is 1. The molecule has 0 spiro atoms. The van der Waals surface area contributed by atoms with Gasteiger partial charge in [0, 0.05) is 56.8 Å². The van der Waals surface area contributed by atoms with E-state index in [1.54, 1.807) is 12.4 Å². The fraction of sp³-hybridized carbons (Fsp3) is 0.429. The predicted molar refractivity (Wildman–Crippen MR) is 106 cm³/mol. The summed E-state index contributed by atoms with van der Waals surface area (Å²) in [6, 6.07) is 6.38. The molecular formula is C21H22N6O2. The molecule has 4 heterocycles. The average Bonchev–Trinajstić information content (AvgIpc) is 3.45. The van der Waals surface area contributed by atoms with E-state index in [1.165, 1.54) is 0 Å². The molecule has 3 aliphatic rings. The molecule has 1 aliphatic carbocycles. The third-order valence-corrected chi connectivity index (χ3v) is 5.92. The molecule has 2 aromatic rings. The van der Waals surface area contributed by atoms with Crippen LogP contribution in [-0.4, -0.2) is 64.8 Å². The zero-order chi connectivity index (χ0) is 19.8. The lowest BCUT2D eigenvalue weighted by atomic mass is 9.89. The van der Waals surface area contributed by atoms with Crippen molar-refractivity contribution in [2.75, 3.05) is 44.3 Å². The number of allylic oxidation sites excluding steroid dienone is 1. The lowest BCUT2D eigenvalue weighted by molar-refractivity contribution is -0.114. The maximum Gasteiger partial charge on any atom is 0.179 e. The Kier molecular flexibility index (Phi) is 4.52. The maximum atomic E-state index is 12.7. The molecule has 0 radical (unpaired) electrons. The number of morpholine rings is 1. The van der Waals surface area contributed by atoms with Crippen LogP contribution in [-0.2, 0) is 16.0 Å². The van der Waals surface area contributed by atoms with Crippen molar-refractivity contribution in [3.63, 3.8) is 0 Å². The molecule has 0 aromatic carbocycles. The van der Waals surface area contributed by atoms with E-state index in [-0.39, 0.29) is 23.8 Å². The molecule has 2 saturated heterocycles. The van der Waals surface area contributed by atoms with Crippen molar-refractivity contribution in [3.8, 4) is 6.07 Å². The fourth-order valence-corrected chi connectivity index (χ4v) is 4.43. The Morgan fingerprint density at radius 3 is 2.83 bits per heavy atom. The fourth-order valence-electron chi connectivity index (χ4n) is 4.43. The summed E-state index contributed by atoms with van der Waals surface area (Å²) in [5.41, 5.74) is 2.87. The van der Waals surface area contributed by atoms with Gasteiger partial charge in [0.25, 0.3) is 0 Å². The van der Waals surface area contributed by atoms with Gasteiger partial charge in [-0.2, -0.15) is 10.4 Å². The maximum absolute atomic E-state index is 12.7. The summed E-state index contributed by atoms with van der Waals surface area (Å²) in [5.74, 6) is 0.748. The standard InChI is InChI=1S/C21H22N6O2/c22-12-18-19(28)10-15-13-23-20(25-6-8-29-9-7-25)11-17(15)21(18)26-5-2-16(14-26)27-4-1-3-24-27/h1,3-4,11,13,16H,2,5-10,14H2/t16-/m1/s1. The van der Waals surface area contributed by atoms with Gasteiger partial charge < -0.3 is 14.5 Å². The van der Waals surface area contributed by atoms with Crippen LogP contribution in [0, 0.1) is 11.3 Å². The first-order valence-corrected chi connectivity index (χ1v) is 9.98. The van der Waals surface area contributed by atoms with E-state index in [4.69, 9.17) is 4.74 Å². The number of ether oxygens (including phenoxy) is 1. The summed E-state index contributed by atoms with van der Waals surface area (Å²) in [6.07, 6.45) is 6.70. The van der Waals surface area contributed by atoms with Crippen LogP contribution in [0.1, 0.15) is 23.6 Å². The number of aromatic nitrogens is 3. The highest BCUT2D eigenvalue weighted by Crippen LogP contribution is 2.37. The van der Waals surface area contributed by atoms with Crippen LogP contribution in [0.4, 0.5) is 5.82 Å². The number of fused-ring (bicyclic) bond motifs is 1. The molecule has 29 heavy (non-hydrogen) atoms. The second-order valence-electron chi connectivity index (χ2n) is 7.61. The Morgan fingerprint density at radius 2 is 2.07 bits per heavy atom. The molecule has 8 nitrogen and oxygen atoms in total. The topological polar surface area (TPSA) is 87.3 Å². The molecule has 148 valence electrons. The molecule has 0 N–H and O–H groups in total. The minimum Gasteiger partial charge on any atom is -0.378 e. The van der Waals surface area contributed by atoms with Gasteiger partial charge in [0.05, 0.1) is 25.0 Å². The molecule has 0 amide bonds. The highest BCUT2D eigenvalue weighted by Gasteiger charge is 2.34. The van der Waals surface area contributed by atoms with Crippen molar-refractivity contribution in [2.24, 2.45) is 0 Å². The molecule has 0 saturated carbocycles. The smallest absolute Gasteiger partial charge is 0.179 e. The highest BCUT2D eigenvalue weighted by molar-refractivity contribution is 6.10. The number of nitriles is 1. The van der Waals surface area contributed by atoms with E-state index in [0.717, 1.165) is 55.2 Å². The van der Waals surface area contributed by atoms with Crippen LogP contribution < -0.4 is 4.90 Å². The minimum atomic E-state index is -0.126. The van der Waals surface area contributed by atoms with Gasteiger partial charge in [0.15, 0.2) is 5.78 Å². The second kappa shape index (κ2) is 7.33. The Morgan fingerprint density at radius 1 is 1.21 bits per heavy atom. The Labute approximate surface area is 169 Å².